The van der Waals surface area contributed by atoms with Crippen molar-refractivity contribution >= 4 is 29.9 Å². The van der Waals surface area contributed by atoms with Gasteiger partial charge in [0, 0.05) is 44.2 Å². The van der Waals surface area contributed by atoms with E-state index in [4.69, 9.17) is 4.99 Å². The highest BCUT2D eigenvalue weighted by Gasteiger charge is 2.22. The molecule has 0 amide bonds. The molecule has 7 nitrogen and oxygen atoms in total. The number of nitrogens with zero attached hydrogens (tertiary/aromatic N) is 5. The average molecular weight is 534 g/mol. The van der Waals surface area contributed by atoms with Crippen molar-refractivity contribution in [2.75, 3.05) is 19.6 Å². The molecule has 1 aliphatic rings. The Kier molecular flexibility index (Phi) is 12.9. The van der Waals surface area contributed by atoms with Crippen molar-refractivity contribution in [2.45, 2.75) is 98.3 Å². The minimum absolute atomic E-state index is 0. The summed E-state index contributed by atoms with van der Waals surface area (Å²) in [5.41, 5.74) is 0. The van der Waals surface area contributed by atoms with Crippen LogP contribution in [-0.2, 0) is 13.0 Å². The molecule has 2 atom stereocenters. The summed E-state index contributed by atoms with van der Waals surface area (Å²) in [5.74, 6) is 2.68. The Bertz CT molecular complexity index is 606. The summed E-state index contributed by atoms with van der Waals surface area (Å²) in [6, 6.07) is 1.59. The predicted octanol–water partition coefficient (Wildman–Crippen LogP) is 3.69. The van der Waals surface area contributed by atoms with Crippen molar-refractivity contribution in [1.29, 1.82) is 0 Å². The maximum Gasteiger partial charge on any atom is 0.191 e. The molecule has 1 aliphatic carbocycles. The van der Waals surface area contributed by atoms with Crippen molar-refractivity contribution in [2.24, 2.45) is 10.9 Å². The number of halogens is 1. The quantitative estimate of drug-likeness (QED) is 0.273. The van der Waals surface area contributed by atoms with Gasteiger partial charge in [-0.1, -0.05) is 26.7 Å². The van der Waals surface area contributed by atoms with E-state index in [0.717, 1.165) is 44.4 Å². The lowest BCUT2D eigenvalue weighted by molar-refractivity contribution is 0.181. The van der Waals surface area contributed by atoms with Crippen molar-refractivity contribution < 1.29 is 0 Å². The first-order valence-corrected chi connectivity index (χ1v) is 11.6. The van der Waals surface area contributed by atoms with Gasteiger partial charge in [-0.25, -0.2) is 0 Å². The van der Waals surface area contributed by atoms with Gasteiger partial charge in [0.05, 0.1) is 6.54 Å². The maximum atomic E-state index is 4.93. The molecular formula is C22H44IN7. The molecule has 30 heavy (non-hydrogen) atoms. The Labute approximate surface area is 200 Å². The molecule has 0 bridgehead atoms. The summed E-state index contributed by atoms with van der Waals surface area (Å²) in [7, 11) is 0. The predicted molar refractivity (Wildman–Crippen MR) is 137 cm³/mol. The average Bonchev–Trinajstić information content (AvgIpc) is 3.13. The van der Waals surface area contributed by atoms with Crippen LogP contribution >= 0.6 is 24.0 Å². The van der Waals surface area contributed by atoms with Crippen LogP contribution in [0.15, 0.2) is 11.3 Å². The highest BCUT2D eigenvalue weighted by molar-refractivity contribution is 14.0. The molecule has 0 aromatic carbocycles. The van der Waals surface area contributed by atoms with Crippen LogP contribution in [0.1, 0.15) is 73.1 Å². The number of aryl methyl sites for hydroxylation is 1. The first-order chi connectivity index (χ1) is 13.9. The van der Waals surface area contributed by atoms with E-state index < -0.39 is 0 Å². The van der Waals surface area contributed by atoms with Gasteiger partial charge in [-0.05, 0) is 46.5 Å². The van der Waals surface area contributed by atoms with E-state index in [-0.39, 0.29) is 24.0 Å². The zero-order chi connectivity index (χ0) is 21.2. The van der Waals surface area contributed by atoms with Crippen LogP contribution in [0.2, 0.25) is 0 Å². The second-order valence-corrected chi connectivity index (χ2v) is 8.89. The summed E-state index contributed by atoms with van der Waals surface area (Å²) < 4.78 is 2.12. The van der Waals surface area contributed by atoms with Crippen LogP contribution in [0.4, 0.5) is 0 Å². The van der Waals surface area contributed by atoms with Crippen molar-refractivity contribution in [3.8, 4) is 0 Å². The van der Waals surface area contributed by atoms with E-state index in [1.807, 2.05) is 6.33 Å². The molecule has 2 unspecified atom stereocenters. The van der Waals surface area contributed by atoms with Gasteiger partial charge in [0.1, 0.15) is 12.2 Å². The smallest absolute Gasteiger partial charge is 0.191 e. The van der Waals surface area contributed by atoms with Crippen LogP contribution in [-0.4, -0.2) is 63.4 Å². The fraction of sp³-hybridized carbons (Fsp3) is 0.864. The molecule has 0 spiro atoms. The highest BCUT2D eigenvalue weighted by Crippen LogP contribution is 2.23. The Morgan fingerprint density at radius 3 is 2.57 bits per heavy atom. The van der Waals surface area contributed by atoms with Gasteiger partial charge in [-0.3, -0.25) is 9.89 Å². The molecule has 0 aliphatic heterocycles. The van der Waals surface area contributed by atoms with Crippen LogP contribution in [0, 0.1) is 5.92 Å². The van der Waals surface area contributed by atoms with E-state index in [2.05, 4.69) is 71.8 Å². The second-order valence-electron chi connectivity index (χ2n) is 8.89. The van der Waals surface area contributed by atoms with Gasteiger partial charge in [0.2, 0.25) is 0 Å². The number of hydrogen-bond acceptors (Lipinski definition) is 4. The number of rotatable bonds is 10. The minimum atomic E-state index is 0. The first kappa shape index (κ1) is 27.1. The van der Waals surface area contributed by atoms with E-state index in [1.165, 1.54) is 25.7 Å². The lowest BCUT2D eigenvalue weighted by Crippen LogP contribution is -2.48. The van der Waals surface area contributed by atoms with Gasteiger partial charge in [0.25, 0.3) is 0 Å². The maximum absolute atomic E-state index is 4.93. The van der Waals surface area contributed by atoms with Crippen molar-refractivity contribution in [3.05, 3.63) is 12.2 Å². The molecule has 1 heterocycles. The summed E-state index contributed by atoms with van der Waals surface area (Å²) in [6.45, 7) is 17.0. The number of aromatic nitrogens is 3. The van der Waals surface area contributed by atoms with Gasteiger partial charge in [0.15, 0.2) is 5.96 Å². The Hall–Kier alpha value is -0.900. The van der Waals surface area contributed by atoms with Gasteiger partial charge >= 0.3 is 0 Å². The Balaban J connectivity index is 0.00000450. The summed E-state index contributed by atoms with van der Waals surface area (Å²) in [4.78, 5) is 7.43. The highest BCUT2D eigenvalue weighted by atomic mass is 127. The Morgan fingerprint density at radius 1 is 1.23 bits per heavy atom. The number of guanidine groups is 1. The van der Waals surface area contributed by atoms with E-state index in [9.17, 15) is 0 Å². The largest absolute Gasteiger partial charge is 0.355 e. The zero-order valence-corrected chi connectivity index (χ0v) is 22.2. The molecule has 1 aromatic rings. The Morgan fingerprint density at radius 2 is 1.93 bits per heavy atom. The fourth-order valence-corrected chi connectivity index (χ4v) is 4.28. The molecule has 1 aromatic heterocycles. The van der Waals surface area contributed by atoms with Gasteiger partial charge in [-0.15, -0.1) is 34.2 Å². The standard InChI is InChI=1S/C22H43N7.HI/c1-7-21-27-25-16-28(21)14-12-23-22(26-20-11-9-8-10-19(20)6)24-13-15-29(17(2)3)18(4)5;/h16-20H,7-15H2,1-6H3,(H2,23,24,26);1H. The second kappa shape index (κ2) is 14.2. The zero-order valence-electron chi connectivity index (χ0n) is 19.9. The lowest BCUT2D eigenvalue weighted by Gasteiger charge is -2.32. The lowest BCUT2D eigenvalue weighted by atomic mass is 9.86. The number of nitrogens with one attached hydrogen (secondary N) is 2. The third-order valence-electron chi connectivity index (χ3n) is 6.05. The molecule has 174 valence electrons. The third-order valence-corrected chi connectivity index (χ3v) is 6.05. The number of hydrogen-bond donors (Lipinski definition) is 2. The summed E-state index contributed by atoms with van der Waals surface area (Å²) in [5, 5.41) is 15.5. The normalized spacial score (nSPS) is 20.0. The fourth-order valence-electron chi connectivity index (χ4n) is 4.28. The van der Waals surface area contributed by atoms with Crippen LogP contribution in [0.5, 0.6) is 0 Å². The molecule has 0 radical (unpaired) electrons. The van der Waals surface area contributed by atoms with E-state index in [1.54, 1.807) is 0 Å². The third kappa shape index (κ3) is 8.69. The molecule has 2 N–H and O–H groups in total. The molecule has 8 heteroatoms. The SMILES string of the molecule is CCc1nncn1CCNC(=NCCN(C(C)C)C(C)C)NC1CCCCC1C.I. The van der Waals surface area contributed by atoms with Crippen LogP contribution in [0.3, 0.4) is 0 Å². The van der Waals surface area contributed by atoms with Gasteiger partial charge < -0.3 is 15.2 Å². The minimum Gasteiger partial charge on any atom is -0.355 e. The molecular weight excluding hydrogens is 489 g/mol. The van der Waals surface area contributed by atoms with Crippen LogP contribution in [0.25, 0.3) is 0 Å². The summed E-state index contributed by atoms with van der Waals surface area (Å²) in [6.07, 6.45) is 7.92. The van der Waals surface area contributed by atoms with E-state index >= 15 is 0 Å². The number of aliphatic imine (C=N–C) groups is 1. The summed E-state index contributed by atoms with van der Waals surface area (Å²) >= 11 is 0. The van der Waals surface area contributed by atoms with Crippen molar-refractivity contribution in [1.82, 2.24) is 30.3 Å². The molecule has 1 fully saturated rings. The van der Waals surface area contributed by atoms with E-state index in [0.29, 0.717) is 24.0 Å². The topological polar surface area (TPSA) is 70.4 Å². The molecule has 1 saturated carbocycles. The molecule has 0 saturated heterocycles. The molecule has 2 rings (SSSR count). The van der Waals surface area contributed by atoms with Crippen LogP contribution < -0.4 is 10.6 Å². The van der Waals surface area contributed by atoms with Crippen molar-refractivity contribution in [3.63, 3.8) is 0 Å². The monoisotopic (exact) mass is 533 g/mol. The first-order valence-electron chi connectivity index (χ1n) is 11.6. The van der Waals surface area contributed by atoms with Gasteiger partial charge in [-0.2, -0.15) is 0 Å².